The number of methoxy groups -OCH3 is 1. The van der Waals surface area contributed by atoms with E-state index < -0.39 is 12.0 Å². The molecule has 0 N–H and O–H groups in total. The van der Waals surface area contributed by atoms with Gasteiger partial charge in [0.25, 0.3) is 0 Å². The van der Waals surface area contributed by atoms with Crippen LogP contribution in [0.15, 0.2) is 18.2 Å². The van der Waals surface area contributed by atoms with E-state index >= 15 is 0 Å². The Bertz CT molecular complexity index is 585. The minimum atomic E-state index is -0.583. The first kappa shape index (κ1) is 15.2. The van der Waals surface area contributed by atoms with Crippen LogP contribution in [0.25, 0.3) is 0 Å². The maximum atomic E-state index is 12.1. The number of Topliss-reactive ketones (excluding diaryl/α,β-unsaturated/α-hetero) is 1. The number of esters is 1. The number of carbonyl (C=O) groups is 3. The first-order chi connectivity index (χ1) is 9.95. The molecule has 1 aromatic heterocycles. The predicted molar refractivity (Wildman–Crippen MR) is 74.5 cm³/mol. The molecule has 0 aromatic carbocycles. The highest BCUT2D eigenvalue weighted by Crippen LogP contribution is 2.30. The summed E-state index contributed by atoms with van der Waals surface area (Å²) in [6, 6.07) is 4.13. The van der Waals surface area contributed by atoms with E-state index in [2.05, 4.69) is 4.98 Å². The summed E-state index contributed by atoms with van der Waals surface area (Å²) in [5, 5.41) is 0. The van der Waals surface area contributed by atoms with Crippen molar-refractivity contribution < 1.29 is 19.1 Å². The van der Waals surface area contributed by atoms with Gasteiger partial charge in [0.2, 0.25) is 5.91 Å². The van der Waals surface area contributed by atoms with E-state index in [0.29, 0.717) is 24.2 Å². The number of aromatic nitrogens is 1. The summed E-state index contributed by atoms with van der Waals surface area (Å²) in [5.74, 6) is -0.662. The van der Waals surface area contributed by atoms with Crippen molar-refractivity contribution in [3.05, 3.63) is 29.6 Å². The smallest absolute Gasteiger partial charge is 0.328 e. The van der Waals surface area contributed by atoms with Crippen molar-refractivity contribution in [3.63, 3.8) is 0 Å². The van der Waals surface area contributed by atoms with Gasteiger partial charge in [-0.25, -0.2) is 9.78 Å². The lowest BCUT2D eigenvalue weighted by Gasteiger charge is -2.29. The van der Waals surface area contributed by atoms with Crippen LogP contribution in [0.1, 0.15) is 48.9 Å². The maximum Gasteiger partial charge on any atom is 0.328 e. The summed E-state index contributed by atoms with van der Waals surface area (Å²) >= 11 is 0. The van der Waals surface area contributed by atoms with E-state index in [9.17, 15) is 14.4 Å². The van der Waals surface area contributed by atoms with Crippen LogP contribution >= 0.6 is 0 Å². The van der Waals surface area contributed by atoms with Crippen molar-refractivity contribution in [3.8, 4) is 0 Å². The highest BCUT2D eigenvalue weighted by Gasteiger charge is 2.40. The number of ether oxygens (including phenoxy) is 1. The van der Waals surface area contributed by atoms with Gasteiger partial charge in [-0.15, -0.1) is 0 Å². The summed E-state index contributed by atoms with van der Waals surface area (Å²) in [6.45, 7) is 3.24. The molecule has 0 aliphatic carbocycles. The first-order valence-electron chi connectivity index (χ1n) is 6.82. The van der Waals surface area contributed by atoms with Gasteiger partial charge in [-0.05, 0) is 25.5 Å². The van der Waals surface area contributed by atoms with Crippen LogP contribution in [0.3, 0.4) is 0 Å². The Morgan fingerprint density at radius 3 is 2.76 bits per heavy atom. The third kappa shape index (κ3) is 2.94. The van der Waals surface area contributed by atoms with E-state index in [4.69, 9.17) is 4.74 Å². The molecule has 1 amide bonds. The molecule has 21 heavy (non-hydrogen) atoms. The number of pyridine rings is 1. The summed E-state index contributed by atoms with van der Waals surface area (Å²) in [7, 11) is 1.31. The molecule has 6 nitrogen and oxygen atoms in total. The third-order valence-corrected chi connectivity index (χ3v) is 3.71. The fraction of sp³-hybridized carbons (Fsp3) is 0.467. The van der Waals surface area contributed by atoms with Gasteiger partial charge in [-0.2, -0.15) is 0 Å². The summed E-state index contributed by atoms with van der Waals surface area (Å²) in [5.41, 5.74) is 0.937. The summed E-state index contributed by atoms with van der Waals surface area (Å²) < 4.78 is 4.75. The second kappa shape index (κ2) is 6.03. The molecule has 0 bridgehead atoms. The first-order valence-corrected chi connectivity index (χ1v) is 6.82. The van der Waals surface area contributed by atoms with Crippen molar-refractivity contribution in [1.29, 1.82) is 0 Å². The molecule has 1 aromatic rings. The molecule has 0 radical (unpaired) electrons. The lowest BCUT2D eigenvalue weighted by molar-refractivity contribution is -0.150. The van der Waals surface area contributed by atoms with E-state index in [1.54, 1.807) is 25.1 Å². The summed E-state index contributed by atoms with van der Waals surface area (Å²) in [4.78, 5) is 41.0. The third-order valence-electron chi connectivity index (χ3n) is 3.71. The van der Waals surface area contributed by atoms with Gasteiger partial charge in [0, 0.05) is 13.3 Å². The van der Waals surface area contributed by atoms with Gasteiger partial charge >= 0.3 is 5.97 Å². The van der Waals surface area contributed by atoms with Crippen LogP contribution in [0.4, 0.5) is 0 Å². The van der Waals surface area contributed by atoms with Crippen molar-refractivity contribution in [2.75, 3.05) is 7.11 Å². The van der Waals surface area contributed by atoms with Crippen molar-refractivity contribution in [2.45, 2.75) is 38.8 Å². The SMILES string of the molecule is COC(=O)C1CCC(=O)N1C(C)c1cccc(C(C)=O)n1. The lowest BCUT2D eigenvalue weighted by Crippen LogP contribution is -2.41. The number of nitrogens with zero attached hydrogens (tertiary/aromatic N) is 2. The van der Waals surface area contributed by atoms with Gasteiger partial charge in [0.1, 0.15) is 11.7 Å². The molecule has 1 aliphatic rings. The molecule has 1 fully saturated rings. The monoisotopic (exact) mass is 290 g/mol. The van der Waals surface area contributed by atoms with Crippen molar-refractivity contribution in [2.24, 2.45) is 0 Å². The zero-order valence-corrected chi connectivity index (χ0v) is 12.3. The lowest BCUT2D eigenvalue weighted by atomic mass is 10.1. The molecule has 1 saturated heterocycles. The number of hydrogen-bond acceptors (Lipinski definition) is 5. The Hall–Kier alpha value is -2.24. The van der Waals surface area contributed by atoms with Crippen molar-refractivity contribution in [1.82, 2.24) is 9.88 Å². The van der Waals surface area contributed by atoms with Gasteiger partial charge in [0.05, 0.1) is 18.8 Å². The zero-order valence-electron chi connectivity index (χ0n) is 12.3. The topological polar surface area (TPSA) is 76.6 Å². The highest BCUT2D eigenvalue weighted by molar-refractivity contribution is 5.92. The fourth-order valence-corrected chi connectivity index (χ4v) is 2.58. The number of likely N-dealkylation sites (tertiary alicyclic amines) is 1. The molecular formula is C15H18N2O4. The Morgan fingerprint density at radius 2 is 2.14 bits per heavy atom. The van der Waals surface area contributed by atoms with E-state index in [1.807, 2.05) is 0 Å². The quantitative estimate of drug-likeness (QED) is 0.620. The summed E-state index contributed by atoms with van der Waals surface area (Å²) in [6.07, 6.45) is 0.763. The van der Waals surface area contributed by atoms with Crippen LogP contribution in [0.2, 0.25) is 0 Å². The molecule has 112 valence electrons. The Morgan fingerprint density at radius 1 is 1.43 bits per heavy atom. The van der Waals surface area contributed by atoms with Crippen LogP contribution in [-0.2, 0) is 14.3 Å². The second-order valence-electron chi connectivity index (χ2n) is 5.06. The molecule has 2 unspecified atom stereocenters. The fourth-order valence-electron chi connectivity index (χ4n) is 2.58. The van der Waals surface area contributed by atoms with Crippen LogP contribution in [0.5, 0.6) is 0 Å². The number of amides is 1. The minimum Gasteiger partial charge on any atom is -0.467 e. The average molecular weight is 290 g/mol. The predicted octanol–water partition coefficient (Wildman–Crippen LogP) is 1.51. The van der Waals surface area contributed by atoms with Crippen LogP contribution < -0.4 is 0 Å². The molecule has 2 rings (SSSR count). The number of ketones is 1. The Balaban J connectivity index is 2.31. The molecule has 2 heterocycles. The van der Waals surface area contributed by atoms with Crippen LogP contribution in [-0.4, -0.2) is 40.7 Å². The standard InChI is InChI=1S/C15H18N2O4/c1-9(11-5-4-6-12(16-11)10(2)18)17-13(15(20)21-3)7-8-14(17)19/h4-6,9,13H,7-8H2,1-3H3. The molecular weight excluding hydrogens is 272 g/mol. The van der Waals surface area contributed by atoms with E-state index in [0.717, 1.165) is 0 Å². The van der Waals surface area contributed by atoms with E-state index in [1.165, 1.54) is 18.9 Å². The number of rotatable bonds is 4. The van der Waals surface area contributed by atoms with Crippen LogP contribution in [0, 0.1) is 0 Å². The van der Waals surface area contributed by atoms with Gasteiger partial charge in [-0.1, -0.05) is 6.07 Å². The van der Waals surface area contributed by atoms with Gasteiger partial charge in [-0.3, -0.25) is 9.59 Å². The highest BCUT2D eigenvalue weighted by atomic mass is 16.5. The second-order valence-corrected chi connectivity index (χ2v) is 5.06. The maximum absolute atomic E-state index is 12.1. The molecule has 0 saturated carbocycles. The molecule has 0 spiro atoms. The van der Waals surface area contributed by atoms with Crippen molar-refractivity contribution >= 4 is 17.7 Å². The average Bonchev–Trinajstić information content (AvgIpc) is 2.87. The number of hydrogen-bond donors (Lipinski definition) is 0. The molecule has 6 heteroatoms. The Labute approximate surface area is 123 Å². The molecule has 2 atom stereocenters. The zero-order chi connectivity index (χ0) is 15.6. The number of carbonyl (C=O) groups excluding carboxylic acids is 3. The van der Waals surface area contributed by atoms with Gasteiger partial charge < -0.3 is 9.64 Å². The minimum absolute atomic E-state index is 0.104. The van der Waals surface area contributed by atoms with Gasteiger partial charge in [0.15, 0.2) is 5.78 Å². The Kier molecular flexibility index (Phi) is 4.35. The normalized spacial score (nSPS) is 19.5. The van der Waals surface area contributed by atoms with E-state index in [-0.39, 0.29) is 17.7 Å². The largest absolute Gasteiger partial charge is 0.467 e. The molecule has 1 aliphatic heterocycles.